The van der Waals surface area contributed by atoms with Gasteiger partial charge in [0.1, 0.15) is 12.0 Å². The van der Waals surface area contributed by atoms with Gasteiger partial charge in [-0.25, -0.2) is 0 Å². The van der Waals surface area contributed by atoms with Crippen molar-refractivity contribution in [3.63, 3.8) is 0 Å². The van der Waals surface area contributed by atoms with Crippen LogP contribution < -0.4 is 0 Å². The summed E-state index contributed by atoms with van der Waals surface area (Å²) in [4.78, 5) is 40.7. The third-order valence-electron chi connectivity index (χ3n) is 5.84. The Morgan fingerprint density at radius 2 is 2.04 bits per heavy atom. The topological polar surface area (TPSA) is 111 Å². The number of rotatable bonds is 3. The molecule has 2 aliphatic heterocycles. The molecule has 0 unspecified atom stereocenters. The van der Waals surface area contributed by atoms with Crippen LogP contribution in [-0.2, 0) is 14.3 Å². The number of likely N-dealkylation sites (N-methyl/N-ethyl adjacent to an activating group) is 1. The highest BCUT2D eigenvalue weighted by atomic mass is 16.5. The Balaban J connectivity index is 1.80. The average Bonchev–Trinajstić information content (AvgIpc) is 2.89. The summed E-state index contributed by atoms with van der Waals surface area (Å²) in [6.07, 6.45) is -0.711. The quantitative estimate of drug-likeness (QED) is 0.761. The third kappa shape index (κ3) is 3.12. The highest BCUT2D eigenvalue weighted by Crippen LogP contribution is 2.43. The van der Waals surface area contributed by atoms with Crippen molar-refractivity contribution in [2.24, 2.45) is 5.92 Å². The number of aliphatic hydroxyl groups is 1. The van der Waals surface area contributed by atoms with E-state index in [-0.39, 0.29) is 12.5 Å². The fourth-order valence-electron chi connectivity index (χ4n) is 4.29. The first kappa shape index (κ1) is 19.8. The minimum absolute atomic E-state index is 0.163. The summed E-state index contributed by atoms with van der Waals surface area (Å²) in [5.74, 6) is -2.26. The first-order valence-corrected chi connectivity index (χ1v) is 9.27. The van der Waals surface area contributed by atoms with Crippen molar-refractivity contribution < 1.29 is 24.2 Å². The van der Waals surface area contributed by atoms with Gasteiger partial charge in [0, 0.05) is 25.7 Å². The second-order valence-corrected chi connectivity index (χ2v) is 7.16. The maximum atomic E-state index is 12.8. The molecule has 2 aliphatic rings. The standard InChI is InChI=1S/C20H23N3O5/c1-3-28-19(27)15-16(24)18(26)22(2)20(15)7-9-23(10-8-20)17(25)14-6-4-5-13(11-14)12-21/h4-6,11,15-16,24H,3,7-10H2,1-2H3/t15-,16-/m1/s1. The molecule has 1 aromatic rings. The molecule has 0 aromatic heterocycles. The lowest BCUT2D eigenvalue weighted by Crippen LogP contribution is -2.57. The fourth-order valence-corrected chi connectivity index (χ4v) is 4.29. The van der Waals surface area contributed by atoms with E-state index in [9.17, 15) is 19.5 Å². The molecule has 2 atom stereocenters. The lowest BCUT2D eigenvalue weighted by atomic mass is 9.76. The highest BCUT2D eigenvalue weighted by Gasteiger charge is 2.61. The summed E-state index contributed by atoms with van der Waals surface area (Å²) in [7, 11) is 1.58. The number of carbonyl (C=O) groups is 3. The lowest BCUT2D eigenvalue weighted by Gasteiger charge is -2.45. The van der Waals surface area contributed by atoms with E-state index in [1.165, 1.54) is 4.90 Å². The summed E-state index contributed by atoms with van der Waals surface area (Å²) < 4.78 is 5.10. The molecule has 2 amide bonds. The number of carbonyl (C=O) groups excluding carboxylic acids is 3. The Morgan fingerprint density at radius 1 is 1.36 bits per heavy atom. The minimum atomic E-state index is -1.43. The number of piperidine rings is 1. The largest absolute Gasteiger partial charge is 0.466 e. The number of hydrogen-bond acceptors (Lipinski definition) is 6. The van der Waals surface area contributed by atoms with Crippen molar-refractivity contribution in [3.8, 4) is 6.07 Å². The van der Waals surface area contributed by atoms with E-state index in [0.717, 1.165) is 0 Å². The van der Waals surface area contributed by atoms with Crippen LogP contribution in [0.4, 0.5) is 0 Å². The average molecular weight is 385 g/mol. The summed E-state index contributed by atoms with van der Waals surface area (Å²) in [6.45, 7) is 2.50. The molecule has 0 radical (unpaired) electrons. The van der Waals surface area contributed by atoms with Crippen molar-refractivity contribution in [2.75, 3.05) is 26.7 Å². The normalized spacial score (nSPS) is 23.6. The van der Waals surface area contributed by atoms with Gasteiger partial charge in [-0.15, -0.1) is 0 Å². The number of aliphatic hydroxyl groups excluding tert-OH is 1. The van der Waals surface area contributed by atoms with Crippen LogP contribution in [-0.4, -0.2) is 71.1 Å². The number of amides is 2. The van der Waals surface area contributed by atoms with Crippen molar-refractivity contribution in [1.29, 1.82) is 5.26 Å². The summed E-state index contributed by atoms with van der Waals surface area (Å²) in [5, 5.41) is 19.4. The summed E-state index contributed by atoms with van der Waals surface area (Å²) in [5.41, 5.74) is -0.0348. The number of nitriles is 1. The number of esters is 1. The zero-order chi connectivity index (χ0) is 20.5. The molecule has 8 nitrogen and oxygen atoms in total. The molecule has 0 aliphatic carbocycles. The number of nitrogens with zero attached hydrogens (tertiary/aromatic N) is 3. The summed E-state index contributed by atoms with van der Waals surface area (Å²) >= 11 is 0. The molecular weight excluding hydrogens is 362 g/mol. The van der Waals surface area contributed by atoms with Crippen LogP contribution >= 0.6 is 0 Å². The first-order chi connectivity index (χ1) is 13.4. The second-order valence-electron chi connectivity index (χ2n) is 7.16. The molecule has 0 bridgehead atoms. The van der Waals surface area contributed by atoms with Gasteiger partial charge < -0.3 is 19.6 Å². The molecule has 1 spiro atoms. The fraction of sp³-hybridized carbons (Fsp3) is 0.500. The molecule has 2 heterocycles. The maximum Gasteiger partial charge on any atom is 0.314 e. The van der Waals surface area contributed by atoms with Crippen molar-refractivity contribution >= 4 is 17.8 Å². The van der Waals surface area contributed by atoms with Gasteiger partial charge in [-0.05, 0) is 38.0 Å². The highest BCUT2D eigenvalue weighted by molar-refractivity contribution is 5.95. The zero-order valence-electron chi connectivity index (χ0n) is 15.9. The van der Waals surface area contributed by atoms with E-state index < -0.39 is 29.4 Å². The van der Waals surface area contributed by atoms with E-state index in [0.29, 0.717) is 37.1 Å². The molecule has 28 heavy (non-hydrogen) atoms. The molecular formula is C20H23N3O5. The summed E-state index contributed by atoms with van der Waals surface area (Å²) in [6, 6.07) is 8.51. The second kappa shape index (κ2) is 7.60. The van der Waals surface area contributed by atoms with Gasteiger partial charge in [0.25, 0.3) is 11.8 Å². The van der Waals surface area contributed by atoms with Crippen LogP contribution in [0, 0.1) is 17.2 Å². The number of ether oxygens (including phenoxy) is 1. The molecule has 1 aromatic carbocycles. The van der Waals surface area contributed by atoms with Crippen molar-refractivity contribution in [1.82, 2.24) is 9.80 Å². The van der Waals surface area contributed by atoms with E-state index in [4.69, 9.17) is 10.00 Å². The smallest absolute Gasteiger partial charge is 0.314 e. The van der Waals surface area contributed by atoms with Gasteiger partial charge in [-0.2, -0.15) is 5.26 Å². The van der Waals surface area contributed by atoms with Crippen molar-refractivity contribution in [3.05, 3.63) is 35.4 Å². The van der Waals surface area contributed by atoms with Gasteiger partial charge in [0.15, 0.2) is 0 Å². The molecule has 1 N–H and O–H groups in total. The SMILES string of the molecule is CCOC(=O)[C@H]1[C@@H](O)C(=O)N(C)C12CCN(C(=O)c1cccc(C#N)c1)CC2. The number of hydrogen-bond donors (Lipinski definition) is 1. The zero-order valence-corrected chi connectivity index (χ0v) is 15.9. The van der Waals surface area contributed by atoms with Gasteiger partial charge in [0.05, 0.1) is 23.8 Å². The molecule has 2 fully saturated rings. The van der Waals surface area contributed by atoms with E-state index in [2.05, 4.69) is 0 Å². The Morgan fingerprint density at radius 3 is 2.64 bits per heavy atom. The Hall–Kier alpha value is -2.92. The number of likely N-dealkylation sites (tertiary alicyclic amines) is 2. The van der Waals surface area contributed by atoms with E-state index >= 15 is 0 Å². The first-order valence-electron chi connectivity index (χ1n) is 9.27. The molecule has 148 valence electrons. The minimum Gasteiger partial charge on any atom is -0.466 e. The van der Waals surface area contributed by atoms with Crippen LogP contribution in [0.5, 0.6) is 0 Å². The third-order valence-corrected chi connectivity index (χ3v) is 5.84. The van der Waals surface area contributed by atoms with Gasteiger partial charge in [-0.3, -0.25) is 14.4 Å². The molecule has 8 heteroatoms. The van der Waals surface area contributed by atoms with Gasteiger partial charge >= 0.3 is 5.97 Å². The molecule has 2 saturated heterocycles. The van der Waals surface area contributed by atoms with E-state index in [1.54, 1.807) is 43.1 Å². The van der Waals surface area contributed by atoms with Crippen LogP contribution in [0.15, 0.2) is 24.3 Å². The Bertz CT molecular complexity index is 838. The Kier molecular flexibility index (Phi) is 5.38. The Labute approximate surface area is 163 Å². The van der Waals surface area contributed by atoms with Crippen molar-refractivity contribution in [2.45, 2.75) is 31.4 Å². The predicted molar refractivity (Wildman–Crippen MR) is 97.9 cm³/mol. The van der Waals surface area contributed by atoms with Gasteiger partial charge in [-0.1, -0.05) is 6.07 Å². The maximum absolute atomic E-state index is 12.8. The molecule has 0 saturated carbocycles. The lowest BCUT2D eigenvalue weighted by molar-refractivity contribution is -0.155. The monoisotopic (exact) mass is 385 g/mol. The van der Waals surface area contributed by atoms with E-state index in [1.807, 2.05) is 6.07 Å². The van der Waals surface area contributed by atoms with Crippen LogP contribution in [0.2, 0.25) is 0 Å². The van der Waals surface area contributed by atoms with Crippen LogP contribution in [0.3, 0.4) is 0 Å². The van der Waals surface area contributed by atoms with Crippen LogP contribution in [0.1, 0.15) is 35.7 Å². The van der Waals surface area contributed by atoms with Gasteiger partial charge in [0.2, 0.25) is 0 Å². The number of benzene rings is 1. The molecule has 3 rings (SSSR count). The predicted octanol–water partition coefficient (Wildman–Crippen LogP) is 0.545. The van der Waals surface area contributed by atoms with Crippen LogP contribution in [0.25, 0.3) is 0 Å².